The quantitative estimate of drug-likeness (QED) is 0.777. The fourth-order valence-electron chi connectivity index (χ4n) is 4.75. The van der Waals surface area contributed by atoms with Crippen LogP contribution >= 0.6 is 0 Å². The number of likely N-dealkylation sites (tertiary alicyclic amines) is 2. The van der Waals surface area contributed by atoms with Gasteiger partial charge in [0.05, 0.1) is 5.41 Å². The molecule has 0 bridgehead atoms. The summed E-state index contributed by atoms with van der Waals surface area (Å²) in [6.07, 6.45) is 6.18. The maximum atomic E-state index is 12.1. The van der Waals surface area contributed by atoms with Crippen LogP contribution in [0.2, 0.25) is 0 Å². The van der Waals surface area contributed by atoms with Crippen LogP contribution in [0.3, 0.4) is 0 Å². The molecule has 0 unspecified atom stereocenters. The average Bonchev–Trinajstić information content (AvgIpc) is 2.74. The Morgan fingerprint density at radius 2 is 1.93 bits per heavy atom. The molecule has 0 amide bonds. The highest BCUT2D eigenvalue weighted by molar-refractivity contribution is 5.76. The van der Waals surface area contributed by atoms with E-state index in [4.69, 9.17) is 0 Å². The molecular weight excluding hydrogens is 366 g/mol. The van der Waals surface area contributed by atoms with Crippen LogP contribution in [0.25, 0.3) is 0 Å². The summed E-state index contributed by atoms with van der Waals surface area (Å²) in [5.74, 6) is -0.0148. The van der Waals surface area contributed by atoms with Crippen LogP contribution in [0, 0.1) is 5.41 Å². The summed E-state index contributed by atoms with van der Waals surface area (Å²) in [6.45, 7) is 3.98. The maximum absolute atomic E-state index is 12.1. The molecular formula is C22H29N5O2. The van der Waals surface area contributed by atoms with Crippen molar-refractivity contribution in [1.29, 1.82) is 0 Å². The van der Waals surface area contributed by atoms with Crippen LogP contribution in [0.5, 0.6) is 0 Å². The lowest BCUT2D eigenvalue weighted by Gasteiger charge is -2.51. The van der Waals surface area contributed by atoms with Gasteiger partial charge in [0, 0.05) is 43.6 Å². The number of carboxylic acid groups (broad SMARTS) is 1. The van der Waals surface area contributed by atoms with Crippen molar-refractivity contribution in [2.75, 3.05) is 32.0 Å². The topological polar surface area (TPSA) is 81.6 Å². The molecule has 2 fully saturated rings. The zero-order valence-electron chi connectivity index (χ0n) is 16.9. The molecule has 7 heteroatoms. The molecule has 7 nitrogen and oxygen atoms in total. The van der Waals surface area contributed by atoms with Gasteiger partial charge in [-0.25, -0.2) is 9.97 Å². The zero-order chi connectivity index (χ0) is 20.3. The summed E-state index contributed by atoms with van der Waals surface area (Å²) in [5.41, 5.74) is 1.65. The molecule has 2 aliphatic rings. The molecule has 2 aromatic rings. The van der Waals surface area contributed by atoms with Crippen molar-refractivity contribution in [3.63, 3.8) is 0 Å². The molecule has 2 atom stereocenters. The summed E-state index contributed by atoms with van der Waals surface area (Å²) >= 11 is 0. The minimum absolute atomic E-state index is 0.0650. The van der Waals surface area contributed by atoms with Gasteiger partial charge >= 0.3 is 5.97 Å². The minimum Gasteiger partial charge on any atom is -0.481 e. The molecule has 2 saturated heterocycles. The molecule has 0 saturated carbocycles. The highest BCUT2D eigenvalue weighted by Gasteiger charge is 2.52. The van der Waals surface area contributed by atoms with Crippen molar-refractivity contribution in [2.45, 2.75) is 38.4 Å². The molecule has 0 spiro atoms. The molecule has 154 valence electrons. The van der Waals surface area contributed by atoms with Gasteiger partial charge in [-0.2, -0.15) is 0 Å². The highest BCUT2D eigenvalue weighted by atomic mass is 16.4. The SMILES string of the molecule is CN1CCC[C@]2(C(=O)O)CCN(Cc3cnc(NCc4ccccc4)nc3)C[C@@H]12. The van der Waals surface area contributed by atoms with Crippen molar-refractivity contribution >= 4 is 11.9 Å². The second-order valence-corrected chi connectivity index (χ2v) is 8.30. The number of benzene rings is 1. The standard InChI is InChI=1S/C22H29N5O2/c1-26-10-5-8-22(20(28)29)9-11-27(16-19(22)26)15-18-13-24-21(25-14-18)23-12-17-6-3-2-4-7-17/h2-4,6-7,13-14,19H,5,8-12,15-16H2,1H3,(H,28,29)(H,23,24,25)/t19-,22+/m1/s1. The Morgan fingerprint density at radius 3 is 2.66 bits per heavy atom. The molecule has 1 aromatic heterocycles. The first-order chi connectivity index (χ1) is 14.1. The molecule has 2 N–H and O–H groups in total. The summed E-state index contributed by atoms with van der Waals surface area (Å²) in [6, 6.07) is 10.2. The van der Waals surface area contributed by atoms with Gasteiger partial charge in [0.25, 0.3) is 0 Å². The van der Waals surface area contributed by atoms with Crippen molar-refractivity contribution in [1.82, 2.24) is 19.8 Å². The summed E-state index contributed by atoms with van der Waals surface area (Å²) in [7, 11) is 2.06. The number of nitrogens with one attached hydrogen (secondary N) is 1. The average molecular weight is 396 g/mol. The number of rotatable bonds is 6. The lowest BCUT2D eigenvalue weighted by atomic mass is 9.68. The van der Waals surface area contributed by atoms with Crippen molar-refractivity contribution in [2.24, 2.45) is 5.41 Å². The van der Waals surface area contributed by atoms with Crippen LogP contribution < -0.4 is 5.32 Å². The van der Waals surface area contributed by atoms with Gasteiger partial charge in [-0.15, -0.1) is 0 Å². The van der Waals surface area contributed by atoms with Crippen molar-refractivity contribution < 1.29 is 9.90 Å². The molecule has 4 rings (SSSR count). The lowest BCUT2D eigenvalue weighted by molar-refractivity contribution is -0.162. The maximum Gasteiger partial charge on any atom is 0.311 e. The highest BCUT2D eigenvalue weighted by Crippen LogP contribution is 2.42. The minimum atomic E-state index is -0.633. The van der Waals surface area contributed by atoms with E-state index < -0.39 is 11.4 Å². The van der Waals surface area contributed by atoms with Crippen LogP contribution in [0.4, 0.5) is 5.95 Å². The number of hydrogen-bond donors (Lipinski definition) is 2. The Labute approximate surface area is 171 Å². The number of aromatic nitrogens is 2. The number of anilines is 1. The number of carboxylic acids is 1. The third-order valence-electron chi connectivity index (χ3n) is 6.44. The van der Waals surface area contributed by atoms with Gasteiger partial charge in [0.15, 0.2) is 0 Å². The lowest BCUT2D eigenvalue weighted by Crippen LogP contribution is -2.62. The fourth-order valence-corrected chi connectivity index (χ4v) is 4.75. The number of fused-ring (bicyclic) bond motifs is 1. The van der Waals surface area contributed by atoms with E-state index in [-0.39, 0.29) is 6.04 Å². The molecule has 0 aliphatic carbocycles. The van der Waals surface area contributed by atoms with Crippen molar-refractivity contribution in [3.8, 4) is 0 Å². The monoisotopic (exact) mass is 395 g/mol. The first kappa shape index (κ1) is 19.8. The summed E-state index contributed by atoms with van der Waals surface area (Å²) in [5, 5.41) is 13.2. The van der Waals surface area contributed by atoms with Gasteiger partial charge < -0.3 is 15.3 Å². The van der Waals surface area contributed by atoms with Crippen LogP contribution in [0.1, 0.15) is 30.4 Å². The number of piperidine rings is 2. The van der Waals surface area contributed by atoms with Crippen molar-refractivity contribution in [3.05, 3.63) is 53.9 Å². The molecule has 1 aromatic carbocycles. The molecule has 2 aliphatic heterocycles. The third kappa shape index (κ3) is 4.26. The Bertz CT molecular complexity index is 829. The van der Waals surface area contributed by atoms with Gasteiger partial charge in [-0.3, -0.25) is 9.69 Å². The van der Waals surface area contributed by atoms with Gasteiger partial charge in [-0.05, 0) is 45.0 Å². The first-order valence-electron chi connectivity index (χ1n) is 10.3. The van der Waals surface area contributed by atoms with E-state index >= 15 is 0 Å². The fraction of sp³-hybridized carbons (Fsp3) is 0.500. The van der Waals surface area contributed by atoms with Crippen LogP contribution in [-0.2, 0) is 17.9 Å². The Balaban J connectivity index is 1.35. The van der Waals surface area contributed by atoms with E-state index in [9.17, 15) is 9.90 Å². The van der Waals surface area contributed by atoms with Crippen LogP contribution in [0.15, 0.2) is 42.7 Å². The number of carbonyl (C=O) groups is 1. The van der Waals surface area contributed by atoms with E-state index in [2.05, 4.69) is 44.3 Å². The Hall–Kier alpha value is -2.51. The van der Waals surface area contributed by atoms with Gasteiger partial charge in [0.2, 0.25) is 5.95 Å². The molecule has 0 radical (unpaired) electrons. The largest absolute Gasteiger partial charge is 0.481 e. The Morgan fingerprint density at radius 1 is 1.17 bits per heavy atom. The Kier molecular flexibility index (Phi) is 5.78. The van der Waals surface area contributed by atoms with E-state index in [0.717, 1.165) is 44.6 Å². The number of nitrogens with zero attached hydrogens (tertiary/aromatic N) is 4. The number of aliphatic carboxylic acids is 1. The van der Waals surface area contributed by atoms with E-state index in [1.807, 2.05) is 30.6 Å². The third-order valence-corrected chi connectivity index (χ3v) is 6.44. The van der Waals surface area contributed by atoms with Gasteiger partial charge in [0.1, 0.15) is 0 Å². The number of likely N-dealkylation sites (N-methyl/N-ethyl adjacent to an activating group) is 1. The second kappa shape index (κ2) is 8.47. The zero-order valence-corrected chi connectivity index (χ0v) is 16.9. The summed E-state index contributed by atoms with van der Waals surface area (Å²) < 4.78 is 0. The normalized spacial score (nSPS) is 25.3. The number of hydrogen-bond acceptors (Lipinski definition) is 6. The predicted octanol–water partition coefficient (Wildman–Crippen LogP) is 2.46. The first-order valence-corrected chi connectivity index (χ1v) is 10.3. The van der Waals surface area contributed by atoms with E-state index in [0.29, 0.717) is 18.9 Å². The smallest absolute Gasteiger partial charge is 0.311 e. The van der Waals surface area contributed by atoms with Gasteiger partial charge in [-0.1, -0.05) is 30.3 Å². The second-order valence-electron chi connectivity index (χ2n) is 8.30. The predicted molar refractivity (Wildman–Crippen MR) is 111 cm³/mol. The van der Waals surface area contributed by atoms with E-state index in [1.54, 1.807) is 0 Å². The van der Waals surface area contributed by atoms with Crippen LogP contribution in [-0.4, -0.2) is 63.6 Å². The molecule has 3 heterocycles. The molecule has 29 heavy (non-hydrogen) atoms. The van der Waals surface area contributed by atoms with E-state index in [1.165, 1.54) is 5.56 Å². The summed E-state index contributed by atoms with van der Waals surface area (Å²) in [4.78, 5) is 25.5.